The summed E-state index contributed by atoms with van der Waals surface area (Å²) in [6.45, 7) is 8.24. The standard InChI is InChI=1S/C17H28FNO3S/c1-12(2)8-9-17(4,20)11-19-13(3)14-6-7-16(15(18)10-14)23(5,21)22/h6-7,10,12-13,19-20H,8-9,11H2,1-5H3. The molecule has 0 saturated heterocycles. The van der Waals surface area contributed by atoms with Crippen LogP contribution in [-0.2, 0) is 9.84 Å². The average molecular weight is 345 g/mol. The van der Waals surface area contributed by atoms with Crippen LogP contribution in [0.4, 0.5) is 4.39 Å². The average Bonchev–Trinajstić information content (AvgIpc) is 2.41. The molecule has 0 aliphatic heterocycles. The van der Waals surface area contributed by atoms with Crippen LogP contribution in [-0.4, -0.2) is 31.9 Å². The number of aliphatic hydroxyl groups is 1. The molecule has 4 nitrogen and oxygen atoms in total. The molecule has 0 aliphatic rings. The van der Waals surface area contributed by atoms with Gasteiger partial charge in [-0.15, -0.1) is 0 Å². The van der Waals surface area contributed by atoms with E-state index in [0.717, 1.165) is 12.7 Å². The Balaban J connectivity index is 2.72. The van der Waals surface area contributed by atoms with Gasteiger partial charge in [-0.25, -0.2) is 12.8 Å². The zero-order valence-corrected chi connectivity index (χ0v) is 15.4. The summed E-state index contributed by atoms with van der Waals surface area (Å²) in [5.41, 5.74) is -0.182. The van der Waals surface area contributed by atoms with E-state index in [1.165, 1.54) is 12.1 Å². The first-order valence-corrected chi connectivity index (χ1v) is 9.77. The van der Waals surface area contributed by atoms with Gasteiger partial charge in [-0.05, 0) is 50.3 Å². The molecule has 132 valence electrons. The molecule has 6 heteroatoms. The Kier molecular flexibility index (Phi) is 6.74. The second-order valence-corrected chi connectivity index (χ2v) is 8.98. The topological polar surface area (TPSA) is 66.4 Å². The summed E-state index contributed by atoms with van der Waals surface area (Å²) in [7, 11) is -3.56. The predicted octanol–water partition coefficient (Wildman–Crippen LogP) is 3.07. The third kappa shape index (κ3) is 6.57. The Hall–Kier alpha value is -0.980. The van der Waals surface area contributed by atoms with Gasteiger partial charge in [-0.3, -0.25) is 0 Å². The summed E-state index contributed by atoms with van der Waals surface area (Å²) in [5.74, 6) is -0.221. The maximum atomic E-state index is 13.9. The smallest absolute Gasteiger partial charge is 0.178 e. The molecule has 2 N–H and O–H groups in total. The first-order valence-electron chi connectivity index (χ1n) is 7.87. The van der Waals surface area contributed by atoms with Gasteiger partial charge < -0.3 is 10.4 Å². The van der Waals surface area contributed by atoms with E-state index >= 15 is 0 Å². The zero-order chi connectivity index (χ0) is 17.8. The van der Waals surface area contributed by atoms with Crippen molar-refractivity contribution in [3.8, 4) is 0 Å². The fourth-order valence-corrected chi connectivity index (χ4v) is 2.99. The third-order valence-electron chi connectivity index (χ3n) is 3.90. The van der Waals surface area contributed by atoms with Crippen molar-refractivity contribution >= 4 is 9.84 Å². The van der Waals surface area contributed by atoms with E-state index in [1.807, 2.05) is 6.92 Å². The van der Waals surface area contributed by atoms with E-state index in [-0.39, 0.29) is 10.9 Å². The van der Waals surface area contributed by atoms with Gasteiger partial charge in [-0.2, -0.15) is 0 Å². The predicted molar refractivity (Wildman–Crippen MR) is 90.6 cm³/mol. The van der Waals surface area contributed by atoms with E-state index < -0.39 is 21.3 Å². The van der Waals surface area contributed by atoms with E-state index in [0.29, 0.717) is 24.4 Å². The summed E-state index contributed by atoms with van der Waals surface area (Å²) in [4.78, 5) is -0.294. The molecule has 2 unspecified atom stereocenters. The summed E-state index contributed by atoms with van der Waals surface area (Å²) in [6, 6.07) is 3.93. The van der Waals surface area contributed by atoms with Crippen molar-refractivity contribution in [2.75, 3.05) is 12.8 Å². The molecule has 23 heavy (non-hydrogen) atoms. The molecule has 0 amide bonds. The largest absolute Gasteiger partial charge is 0.389 e. The highest BCUT2D eigenvalue weighted by molar-refractivity contribution is 7.90. The lowest BCUT2D eigenvalue weighted by atomic mass is 9.95. The van der Waals surface area contributed by atoms with Crippen LogP contribution in [0.15, 0.2) is 23.1 Å². The highest BCUT2D eigenvalue weighted by Gasteiger charge is 2.22. The van der Waals surface area contributed by atoms with Crippen LogP contribution in [0.2, 0.25) is 0 Å². The summed E-state index contributed by atoms with van der Waals surface area (Å²) >= 11 is 0. The summed E-state index contributed by atoms with van der Waals surface area (Å²) in [6.07, 6.45) is 2.60. The van der Waals surface area contributed by atoms with Gasteiger partial charge in [0.25, 0.3) is 0 Å². The van der Waals surface area contributed by atoms with Crippen LogP contribution < -0.4 is 5.32 Å². The first-order chi connectivity index (χ1) is 10.4. The molecule has 0 saturated carbocycles. The van der Waals surface area contributed by atoms with Crippen molar-refractivity contribution in [1.82, 2.24) is 5.32 Å². The monoisotopic (exact) mass is 345 g/mol. The van der Waals surface area contributed by atoms with Crippen molar-refractivity contribution in [2.45, 2.75) is 57.1 Å². The van der Waals surface area contributed by atoms with Crippen molar-refractivity contribution in [3.63, 3.8) is 0 Å². The number of rotatable bonds is 8. The Morgan fingerprint density at radius 2 is 1.91 bits per heavy atom. The van der Waals surface area contributed by atoms with Crippen LogP contribution >= 0.6 is 0 Å². The number of nitrogens with one attached hydrogen (secondary N) is 1. The number of hydrogen-bond acceptors (Lipinski definition) is 4. The van der Waals surface area contributed by atoms with E-state index in [2.05, 4.69) is 19.2 Å². The highest BCUT2D eigenvalue weighted by atomic mass is 32.2. The van der Waals surface area contributed by atoms with E-state index in [4.69, 9.17) is 0 Å². The molecule has 1 aromatic carbocycles. The normalized spacial score (nSPS) is 16.3. The molecule has 2 atom stereocenters. The molecular weight excluding hydrogens is 317 g/mol. The van der Waals surface area contributed by atoms with Crippen LogP contribution in [0.25, 0.3) is 0 Å². The first kappa shape index (κ1) is 20.1. The Morgan fingerprint density at radius 1 is 1.30 bits per heavy atom. The maximum Gasteiger partial charge on any atom is 0.178 e. The molecule has 0 bridgehead atoms. The van der Waals surface area contributed by atoms with Crippen LogP contribution in [0, 0.1) is 11.7 Å². The number of halogens is 1. The fraction of sp³-hybridized carbons (Fsp3) is 0.647. The minimum Gasteiger partial charge on any atom is -0.389 e. The molecule has 1 rings (SSSR count). The van der Waals surface area contributed by atoms with Gasteiger partial charge >= 0.3 is 0 Å². The SMILES string of the molecule is CC(C)CCC(C)(O)CNC(C)c1ccc(S(C)(=O)=O)c(F)c1. The molecule has 1 aromatic rings. The second-order valence-electron chi connectivity index (χ2n) is 6.99. The Labute approximate surface area is 139 Å². The van der Waals surface area contributed by atoms with Gasteiger partial charge in [0.15, 0.2) is 9.84 Å². The molecular formula is C17H28FNO3S. The van der Waals surface area contributed by atoms with Gasteiger partial charge in [0.1, 0.15) is 10.7 Å². The van der Waals surface area contributed by atoms with Gasteiger partial charge in [-0.1, -0.05) is 19.9 Å². The van der Waals surface area contributed by atoms with Gasteiger partial charge in [0, 0.05) is 18.8 Å². The molecule has 0 fully saturated rings. The summed E-state index contributed by atoms with van der Waals surface area (Å²) < 4.78 is 36.8. The zero-order valence-electron chi connectivity index (χ0n) is 14.6. The van der Waals surface area contributed by atoms with Crippen LogP contribution in [0.1, 0.15) is 52.1 Å². The fourth-order valence-electron chi connectivity index (χ4n) is 2.27. The quantitative estimate of drug-likeness (QED) is 0.760. The minimum atomic E-state index is -3.56. The maximum absolute atomic E-state index is 13.9. The molecule has 0 aromatic heterocycles. The second kappa shape index (κ2) is 7.73. The molecule has 0 radical (unpaired) electrons. The molecule has 0 aliphatic carbocycles. The summed E-state index contributed by atoms with van der Waals surface area (Å²) in [5, 5.41) is 13.5. The van der Waals surface area contributed by atoms with Crippen molar-refractivity contribution < 1.29 is 17.9 Å². The van der Waals surface area contributed by atoms with Crippen molar-refractivity contribution in [3.05, 3.63) is 29.6 Å². The minimum absolute atomic E-state index is 0.191. The number of benzene rings is 1. The van der Waals surface area contributed by atoms with Crippen molar-refractivity contribution in [2.24, 2.45) is 5.92 Å². The van der Waals surface area contributed by atoms with Crippen molar-refractivity contribution in [1.29, 1.82) is 0 Å². The lowest BCUT2D eigenvalue weighted by Gasteiger charge is -2.27. The Bertz CT molecular complexity index is 627. The van der Waals surface area contributed by atoms with Gasteiger partial charge in [0.2, 0.25) is 0 Å². The number of hydrogen-bond donors (Lipinski definition) is 2. The lowest BCUT2D eigenvalue weighted by molar-refractivity contribution is 0.0430. The number of sulfone groups is 1. The lowest BCUT2D eigenvalue weighted by Crippen LogP contribution is -2.39. The van der Waals surface area contributed by atoms with Crippen LogP contribution in [0.5, 0.6) is 0 Å². The molecule has 0 heterocycles. The van der Waals surface area contributed by atoms with Crippen LogP contribution in [0.3, 0.4) is 0 Å². The third-order valence-corrected chi connectivity index (χ3v) is 5.03. The molecule has 0 spiro atoms. The highest BCUT2D eigenvalue weighted by Crippen LogP contribution is 2.21. The van der Waals surface area contributed by atoms with E-state index in [1.54, 1.807) is 13.0 Å². The van der Waals surface area contributed by atoms with E-state index in [9.17, 15) is 17.9 Å². The Morgan fingerprint density at radius 3 is 2.39 bits per heavy atom. The van der Waals surface area contributed by atoms with Gasteiger partial charge in [0.05, 0.1) is 5.60 Å².